The van der Waals surface area contributed by atoms with Gasteiger partial charge in [0.05, 0.1) is 0 Å². The Morgan fingerprint density at radius 3 is 3.09 bits per heavy atom. The van der Waals surface area contributed by atoms with Gasteiger partial charge in [-0.1, -0.05) is 12.1 Å². The van der Waals surface area contributed by atoms with Gasteiger partial charge in [0.2, 0.25) is 0 Å². The molecule has 0 bridgehead atoms. The Morgan fingerprint density at radius 2 is 2.55 bits per heavy atom. The van der Waals surface area contributed by atoms with Crippen molar-refractivity contribution in [2.24, 2.45) is 0 Å². The van der Waals surface area contributed by atoms with Crippen molar-refractivity contribution in [2.45, 2.75) is 6.92 Å². The second-order valence-corrected chi connectivity index (χ2v) is 2.31. The highest BCUT2D eigenvalue weighted by Crippen LogP contribution is 2.13. The molecule has 1 aromatic rings. The van der Waals surface area contributed by atoms with Gasteiger partial charge in [-0.3, -0.25) is 0 Å². The minimum Gasteiger partial charge on any atom is -0.446 e. The van der Waals surface area contributed by atoms with Gasteiger partial charge in [-0.2, -0.15) is 0 Å². The van der Waals surface area contributed by atoms with Crippen LogP contribution in [0.4, 0.5) is 0 Å². The minimum atomic E-state index is 0.379. The molecule has 0 atom stereocenters. The second-order valence-electron chi connectivity index (χ2n) is 1.93. The molecule has 0 aliphatic heterocycles. The van der Waals surface area contributed by atoms with E-state index in [4.69, 9.17) is 16.3 Å². The second kappa shape index (κ2) is 4.04. The molecule has 0 aliphatic rings. The monoisotopic (exact) mass is 167 g/mol. The van der Waals surface area contributed by atoms with Crippen molar-refractivity contribution in [3.8, 4) is 5.75 Å². The van der Waals surface area contributed by atoms with Crippen LogP contribution in [0.2, 0.25) is 0 Å². The van der Waals surface area contributed by atoms with E-state index in [-0.39, 0.29) is 0 Å². The molecular formula is C9H8ClO. The maximum Gasteiger partial charge on any atom is 0.189 e. The smallest absolute Gasteiger partial charge is 0.189 e. The maximum atomic E-state index is 5.62. The van der Waals surface area contributed by atoms with Crippen molar-refractivity contribution in [1.82, 2.24) is 0 Å². The molecule has 1 aromatic carbocycles. The molecule has 0 aliphatic carbocycles. The van der Waals surface area contributed by atoms with Gasteiger partial charge in [0.1, 0.15) is 5.75 Å². The number of benzene rings is 1. The number of rotatable bonds is 2. The fourth-order valence-corrected chi connectivity index (χ4v) is 0.701. The lowest BCUT2D eigenvalue weighted by Gasteiger charge is -2.00. The molecule has 57 valence electrons. The first kappa shape index (κ1) is 8.15. The first-order valence-electron chi connectivity index (χ1n) is 3.28. The Kier molecular flexibility index (Phi) is 2.99. The molecule has 0 N–H and O–H groups in total. The van der Waals surface area contributed by atoms with E-state index < -0.39 is 0 Å². The van der Waals surface area contributed by atoms with Crippen LogP contribution < -0.4 is 4.74 Å². The molecule has 1 radical (unpaired) electrons. The topological polar surface area (TPSA) is 9.23 Å². The van der Waals surface area contributed by atoms with Gasteiger partial charge < -0.3 is 4.74 Å². The zero-order valence-corrected chi connectivity index (χ0v) is 6.93. The first-order chi connectivity index (χ1) is 5.33. The lowest BCUT2D eigenvalue weighted by Crippen LogP contribution is -1.86. The van der Waals surface area contributed by atoms with Crippen molar-refractivity contribution in [2.75, 3.05) is 0 Å². The molecule has 11 heavy (non-hydrogen) atoms. The van der Waals surface area contributed by atoms with Crippen LogP contribution in [0.15, 0.2) is 35.6 Å². The predicted octanol–water partition coefficient (Wildman–Crippen LogP) is 2.97. The van der Waals surface area contributed by atoms with E-state index in [1.54, 1.807) is 18.2 Å². The first-order valence-corrected chi connectivity index (χ1v) is 3.66. The van der Waals surface area contributed by atoms with Gasteiger partial charge in [0, 0.05) is 0 Å². The van der Waals surface area contributed by atoms with Gasteiger partial charge in [0.25, 0.3) is 0 Å². The number of hydrogen-bond donors (Lipinski definition) is 0. The summed E-state index contributed by atoms with van der Waals surface area (Å²) < 4.78 is 5.16. The number of hydrogen-bond acceptors (Lipinski definition) is 1. The van der Waals surface area contributed by atoms with E-state index in [9.17, 15) is 0 Å². The Bertz CT molecular complexity index is 241. The fraction of sp³-hybridized carbons (Fsp3) is 0.111. The molecule has 0 fully saturated rings. The minimum absolute atomic E-state index is 0.379. The molecule has 0 unspecified atom stereocenters. The third kappa shape index (κ3) is 2.64. The van der Waals surface area contributed by atoms with Crippen molar-refractivity contribution in [3.63, 3.8) is 0 Å². The summed E-state index contributed by atoms with van der Waals surface area (Å²) in [7, 11) is 0. The quantitative estimate of drug-likeness (QED) is 0.616. The van der Waals surface area contributed by atoms with Gasteiger partial charge in [0.15, 0.2) is 5.22 Å². The average Bonchev–Trinajstić information content (AvgIpc) is 2.06. The summed E-state index contributed by atoms with van der Waals surface area (Å²) >= 11 is 5.62. The van der Waals surface area contributed by atoms with E-state index in [0.717, 1.165) is 0 Å². The van der Waals surface area contributed by atoms with Gasteiger partial charge in [-0.05, 0) is 42.8 Å². The van der Waals surface area contributed by atoms with E-state index in [1.165, 1.54) is 0 Å². The van der Waals surface area contributed by atoms with Gasteiger partial charge in [-0.15, -0.1) is 0 Å². The highest BCUT2D eigenvalue weighted by Gasteiger charge is 1.92. The third-order valence-corrected chi connectivity index (χ3v) is 1.42. The molecule has 1 nitrogen and oxygen atoms in total. The summed E-state index contributed by atoms with van der Waals surface area (Å²) in [6.07, 6.45) is 1.69. The van der Waals surface area contributed by atoms with Crippen molar-refractivity contribution in [3.05, 3.63) is 41.6 Å². The van der Waals surface area contributed by atoms with E-state index in [0.29, 0.717) is 11.0 Å². The van der Waals surface area contributed by atoms with Crippen LogP contribution in [0.5, 0.6) is 5.75 Å². The number of ether oxygens (including phenoxy) is 1. The van der Waals surface area contributed by atoms with Crippen LogP contribution >= 0.6 is 11.6 Å². The van der Waals surface area contributed by atoms with Crippen molar-refractivity contribution >= 4 is 11.6 Å². The molecule has 0 amide bonds. The maximum absolute atomic E-state index is 5.62. The average molecular weight is 168 g/mol. The summed E-state index contributed by atoms with van der Waals surface area (Å²) in [6.45, 7) is 1.81. The summed E-state index contributed by atoms with van der Waals surface area (Å²) in [4.78, 5) is 0. The Morgan fingerprint density at radius 1 is 1.73 bits per heavy atom. The molecular weight excluding hydrogens is 160 g/mol. The standard InChI is InChI=1S/C9H8ClO/c1-2-9(10)11-8-6-4-3-5-7-8/h2-4,6-7H,1H3. The van der Waals surface area contributed by atoms with Crippen LogP contribution in [-0.4, -0.2) is 0 Å². The van der Waals surface area contributed by atoms with Gasteiger partial charge >= 0.3 is 0 Å². The van der Waals surface area contributed by atoms with E-state index in [2.05, 4.69) is 6.07 Å². The van der Waals surface area contributed by atoms with Crippen molar-refractivity contribution in [1.29, 1.82) is 0 Å². The Hall–Kier alpha value is -0.950. The zero-order valence-electron chi connectivity index (χ0n) is 6.17. The summed E-state index contributed by atoms with van der Waals surface area (Å²) in [5, 5.41) is 0.379. The van der Waals surface area contributed by atoms with Crippen molar-refractivity contribution < 1.29 is 4.74 Å². The number of halogens is 1. The molecule has 0 spiro atoms. The molecule has 0 aromatic heterocycles. The van der Waals surface area contributed by atoms with Crippen LogP contribution in [0.25, 0.3) is 0 Å². The molecule has 0 saturated heterocycles. The summed E-state index contributed by atoms with van der Waals surface area (Å²) in [6, 6.07) is 10.1. The highest BCUT2D eigenvalue weighted by molar-refractivity contribution is 6.28. The summed E-state index contributed by atoms with van der Waals surface area (Å²) in [5.74, 6) is 0.704. The molecule has 0 heterocycles. The zero-order chi connectivity index (χ0) is 8.10. The lowest BCUT2D eigenvalue weighted by atomic mass is 10.3. The normalized spacial score (nSPS) is 11.3. The van der Waals surface area contributed by atoms with Crippen LogP contribution in [0, 0.1) is 6.07 Å². The fourth-order valence-electron chi connectivity index (χ4n) is 0.612. The van der Waals surface area contributed by atoms with Crippen LogP contribution in [0.1, 0.15) is 6.92 Å². The third-order valence-electron chi connectivity index (χ3n) is 1.12. The lowest BCUT2D eigenvalue weighted by molar-refractivity contribution is 0.461. The Balaban J connectivity index is 2.65. The Labute approximate surface area is 71.3 Å². The largest absolute Gasteiger partial charge is 0.446 e. The molecule has 2 heteroatoms. The van der Waals surface area contributed by atoms with E-state index >= 15 is 0 Å². The molecule has 0 saturated carbocycles. The number of allylic oxidation sites excluding steroid dienone is 1. The molecule has 1 rings (SSSR count). The van der Waals surface area contributed by atoms with Crippen LogP contribution in [0.3, 0.4) is 0 Å². The summed E-state index contributed by atoms with van der Waals surface area (Å²) in [5.41, 5.74) is 0. The predicted molar refractivity (Wildman–Crippen MR) is 45.5 cm³/mol. The van der Waals surface area contributed by atoms with Crippen LogP contribution in [-0.2, 0) is 0 Å². The highest BCUT2D eigenvalue weighted by atomic mass is 35.5. The van der Waals surface area contributed by atoms with Gasteiger partial charge in [-0.25, -0.2) is 0 Å². The SMILES string of the molecule is CC=C(Cl)Oc1c[c]ccc1. The van der Waals surface area contributed by atoms with E-state index in [1.807, 2.05) is 19.1 Å².